The zero-order chi connectivity index (χ0) is 33.6. The van der Waals surface area contributed by atoms with E-state index in [4.69, 9.17) is 0 Å². The fourth-order valence-corrected chi connectivity index (χ4v) is 6.44. The third-order valence-electron chi connectivity index (χ3n) is 9.43. The van der Waals surface area contributed by atoms with Crippen molar-refractivity contribution in [3.8, 4) is 28.5 Å². The van der Waals surface area contributed by atoms with Crippen molar-refractivity contribution in [1.29, 1.82) is 0 Å². The molecule has 0 bridgehead atoms. The molecule has 0 unspecified atom stereocenters. The van der Waals surface area contributed by atoms with E-state index in [0.29, 0.717) is 5.95 Å². The molecule has 254 valence electrons. The molecule has 8 rings (SSSR count). The molecule has 8 heteroatoms. The number of rotatable bonds is 7. The second-order valence-corrected chi connectivity index (χ2v) is 13.2. The van der Waals surface area contributed by atoms with Crippen LogP contribution in [0.4, 0.5) is 0 Å². The van der Waals surface area contributed by atoms with Gasteiger partial charge in [0.25, 0.3) is 0 Å². The first-order chi connectivity index (χ1) is 23.8. The molecule has 51 heavy (non-hydrogen) atoms. The number of pyridine rings is 2. The number of fused-ring (bicyclic) bond motifs is 3. The molecule has 0 aliphatic heterocycles. The van der Waals surface area contributed by atoms with Crippen LogP contribution in [0.3, 0.4) is 0 Å². The number of nitrogens with zero attached hydrogens (tertiary/aromatic N) is 6. The van der Waals surface area contributed by atoms with Gasteiger partial charge in [0.2, 0.25) is 5.95 Å². The molecule has 6 nitrogen and oxygen atoms in total. The van der Waals surface area contributed by atoms with Gasteiger partial charge in [-0.2, -0.15) is 58.3 Å². The minimum Gasteiger partial charge on any atom is -0.328 e. The van der Waals surface area contributed by atoms with E-state index in [-0.39, 0.29) is 40.8 Å². The third kappa shape index (κ3) is 6.62. The van der Waals surface area contributed by atoms with Gasteiger partial charge in [0.05, 0.1) is 0 Å². The molecule has 0 spiro atoms. The average molecular weight is 846 g/mol. The van der Waals surface area contributed by atoms with Crippen LogP contribution in [0, 0.1) is 24.3 Å². The third-order valence-corrected chi connectivity index (χ3v) is 9.43. The van der Waals surface area contributed by atoms with E-state index in [2.05, 4.69) is 138 Å². The van der Waals surface area contributed by atoms with E-state index in [1.807, 2.05) is 53.4 Å². The van der Waals surface area contributed by atoms with Gasteiger partial charge >= 0.3 is 40.8 Å². The molecule has 0 saturated heterocycles. The first kappa shape index (κ1) is 36.1. The van der Waals surface area contributed by atoms with Crippen molar-refractivity contribution >= 4 is 21.8 Å². The Balaban J connectivity index is 0.00000224. The minimum absolute atomic E-state index is 0. The van der Waals surface area contributed by atoms with E-state index in [9.17, 15) is 0 Å². The number of aromatic nitrogens is 6. The Labute approximate surface area is 325 Å². The smallest absolute Gasteiger partial charge is 0.328 e. The maximum atomic E-state index is 4.59. The monoisotopic (exact) mass is 844 g/mol. The van der Waals surface area contributed by atoms with Crippen LogP contribution in [0.15, 0.2) is 122 Å². The molecule has 8 aromatic rings. The number of hydrogen-bond donors (Lipinski definition) is 0. The summed E-state index contributed by atoms with van der Waals surface area (Å²) in [7, 11) is 0. The standard InChI is InChI=1S/C43H32N6.2Pd/c1-42(2,31-13-9-11-29(23-31)37-15-5-7-21-45-37)33-17-19-35-36-20-18-34(26-40(36)49(39(35)25-33)41-47-27-44-28-48-41)43(3,4)32-14-10-12-30(24-32)38-16-6-8-22-46-38;;/h5-22,27-28H,1-4H3;;/q-4;2*+2. The van der Waals surface area contributed by atoms with Crippen LogP contribution in [0.5, 0.6) is 0 Å². The summed E-state index contributed by atoms with van der Waals surface area (Å²) in [6.45, 7) is 8.82. The van der Waals surface area contributed by atoms with Gasteiger partial charge in [-0.3, -0.25) is 0 Å². The van der Waals surface area contributed by atoms with E-state index in [0.717, 1.165) is 66.6 Å². The summed E-state index contributed by atoms with van der Waals surface area (Å²) in [6, 6.07) is 47.9. The van der Waals surface area contributed by atoms with Gasteiger partial charge in [0.15, 0.2) is 0 Å². The summed E-state index contributed by atoms with van der Waals surface area (Å²) < 4.78 is 2.05. The maximum Gasteiger partial charge on any atom is 2.00 e. The Morgan fingerprint density at radius 3 is 1.35 bits per heavy atom. The van der Waals surface area contributed by atoms with Crippen molar-refractivity contribution in [3.05, 3.63) is 169 Å². The predicted molar refractivity (Wildman–Crippen MR) is 193 cm³/mol. The molecule has 4 aromatic heterocycles. The van der Waals surface area contributed by atoms with Crippen molar-refractivity contribution in [2.45, 2.75) is 38.5 Å². The molecule has 0 atom stereocenters. The van der Waals surface area contributed by atoms with Crippen LogP contribution >= 0.6 is 0 Å². The summed E-state index contributed by atoms with van der Waals surface area (Å²) >= 11 is 0. The number of benzene rings is 4. The molecule has 0 aliphatic carbocycles. The Morgan fingerprint density at radius 1 is 0.471 bits per heavy atom. The van der Waals surface area contributed by atoms with E-state index < -0.39 is 10.8 Å². The molecular formula is C43H32N6Pd2. The van der Waals surface area contributed by atoms with Gasteiger partial charge in [-0.05, 0) is 34.4 Å². The summed E-state index contributed by atoms with van der Waals surface area (Å²) in [4.78, 5) is 22.4. The Hall–Kier alpha value is -4.69. The SMILES string of the molecule is CC(C)(c1[c-]c(-c2ccccn2)ccc1)c1[c-]c2c(cc1)c1ccc(C(C)(C)c3[c-]c(-c4ccccn4)ccc3)[c-]c1n2-c1ncncn1.[Pd+2].[Pd+2]. The van der Waals surface area contributed by atoms with Gasteiger partial charge in [0, 0.05) is 12.4 Å². The van der Waals surface area contributed by atoms with Crippen molar-refractivity contribution in [1.82, 2.24) is 29.5 Å². The topological polar surface area (TPSA) is 69.4 Å². The minimum atomic E-state index is -0.412. The fraction of sp³-hybridized carbons (Fsp3) is 0.140. The first-order valence-electron chi connectivity index (χ1n) is 16.3. The van der Waals surface area contributed by atoms with E-state index in [1.54, 1.807) is 0 Å². The Morgan fingerprint density at radius 2 is 0.922 bits per heavy atom. The predicted octanol–water partition coefficient (Wildman–Crippen LogP) is 8.94. The van der Waals surface area contributed by atoms with Crippen LogP contribution in [-0.4, -0.2) is 29.5 Å². The Bertz CT molecular complexity index is 2290. The summed E-state index contributed by atoms with van der Waals surface area (Å²) in [6.07, 6.45) is 6.67. The fourth-order valence-electron chi connectivity index (χ4n) is 6.44. The molecule has 4 aromatic carbocycles. The molecular weight excluding hydrogens is 813 g/mol. The largest absolute Gasteiger partial charge is 2.00 e. The molecule has 0 radical (unpaired) electrons. The summed E-state index contributed by atoms with van der Waals surface area (Å²) in [5.41, 5.74) is 8.78. The normalized spacial score (nSPS) is 11.6. The second-order valence-electron chi connectivity index (χ2n) is 13.2. The van der Waals surface area contributed by atoms with Crippen LogP contribution in [0.1, 0.15) is 49.9 Å². The van der Waals surface area contributed by atoms with Crippen molar-refractivity contribution in [2.24, 2.45) is 0 Å². The molecule has 0 N–H and O–H groups in total. The number of hydrogen-bond acceptors (Lipinski definition) is 5. The maximum absolute atomic E-state index is 4.59. The van der Waals surface area contributed by atoms with Crippen molar-refractivity contribution < 1.29 is 40.8 Å². The average Bonchev–Trinajstić information content (AvgIpc) is 3.49. The van der Waals surface area contributed by atoms with E-state index in [1.165, 1.54) is 12.7 Å². The molecule has 0 amide bonds. The quantitative estimate of drug-likeness (QED) is 0.119. The van der Waals surface area contributed by atoms with E-state index >= 15 is 0 Å². The van der Waals surface area contributed by atoms with Crippen LogP contribution < -0.4 is 0 Å². The van der Waals surface area contributed by atoms with Gasteiger partial charge < -0.3 is 14.5 Å². The van der Waals surface area contributed by atoms with Crippen molar-refractivity contribution in [3.63, 3.8) is 0 Å². The van der Waals surface area contributed by atoms with Crippen LogP contribution in [0.2, 0.25) is 0 Å². The molecule has 0 saturated carbocycles. The van der Waals surface area contributed by atoms with Crippen molar-refractivity contribution in [2.75, 3.05) is 0 Å². The molecule has 4 heterocycles. The Kier molecular flexibility index (Phi) is 10.3. The summed E-state index contributed by atoms with van der Waals surface area (Å²) in [5.74, 6) is 0.514. The molecule has 0 aliphatic rings. The van der Waals surface area contributed by atoms with Gasteiger partial charge in [-0.1, -0.05) is 63.0 Å². The van der Waals surface area contributed by atoms with Gasteiger partial charge in [-0.15, -0.1) is 70.8 Å². The van der Waals surface area contributed by atoms with Crippen LogP contribution in [-0.2, 0) is 51.7 Å². The zero-order valence-corrected chi connectivity index (χ0v) is 31.5. The zero-order valence-electron chi connectivity index (χ0n) is 28.4. The van der Waals surface area contributed by atoms with Crippen LogP contribution in [0.25, 0.3) is 50.3 Å². The summed E-state index contributed by atoms with van der Waals surface area (Å²) in [5, 5.41) is 2.09. The van der Waals surface area contributed by atoms with Gasteiger partial charge in [0.1, 0.15) is 12.7 Å². The first-order valence-corrected chi connectivity index (χ1v) is 16.3. The molecule has 0 fully saturated rings. The second kappa shape index (κ2) is 14.5. The van der Waals surface area contributed by atoms with Gasteiger partial charge in [-0.25, -0.2) is 15.0 Å².